The van der Waals surface area contributed by atoms with Crippen molar-refractivity contribution in [2.45, 2.75) is 6.92 Å². The lowest BCUT2D eigenvalue weighted by Crippen LogP contribution is -1.82. The van der Waals surface area contributed by atoms with E-state index in [0.717, 1.165) is 0 Å². The fourth-order valence-electron chi connectivity index (χ4n) is 0.447. The minimum absolute atomic E-state index is 1.50. The summed E-state index contributed by atoms with van der Waals surface area (Å²) in [6, 6.07) is 0. The maximum absolute atomic E-state index is 3.82. The minimum atomic E-state index is 1.50. The molecule has 0 aliphatic carbocycles. The van der Waals surface area contributed by atoms with E-state index in [1.165, 1.54) is 6.33 Å². The first-order valence-electron chi connectivity index (χ1n) is 2.40. The van der Waals surface area contributed by atoms with Gasteiger partial charge in [0, 0.05) is 6.20 Å². The summed E-state index contributed by atoms with van der Waals surface area (Å²) in [4.78, 5) is 3.74. The second kappa shape index (κ2) is 2.26. The minimum Gasteiger partial charge on any atom is -0.229 e. The van der Waals surface area contributed by atoms with Crippen LogP contribution in [0.1, 0.15) is 6.92 Å². The molecule has 0 N–H and O–H groups in total. The van der Waals surface area contributed by atoms with Crippen molar-refractivity contribution >= 4 is 6.20 Å². The maximum Gasteiger partial charge on any atom is 0.138 e. The quantitative estimate of drug-likeness (QED) is 0.533. The molecule has 3 heteroatoms. The largest absolute Gasteiger partial charge is 0.229 e. The molecule has 0 atom stereocenters. The van der Waals surface area contributed by atoms with Gasteiger partial charge in [-0.25, -0.2) is 9.67 Å². The Bertz CT molecular complexity index is 164. The van der Waals surface area contributed by atoms with E-state index in [-0.39, 0.29) is 0 Å². The highest BCUT2D eigenvalue weighted by Gasteiger charge is 1.76. The predicted octanol–water partition coefficient (Wildman–Crippen LogP) is 0.769. The first-order chi connectivity index (χ1) is 3.93. The van der Waals surface area contributed by atoms with Crippen LogP contribution in [-0.4, -0.2) is 14.8 Å². The molecule has 1 aromatic rings. The summed E-state index contributed by atoms with van der Waals surface area (Å²) in [6.07, 6.45) is 6.86. The second-order valence-electron chi connectivity index (χ2n) is 1.36. The first-order valence-corrected chi connectivity index (χ1v) is 2.40. The van der Waals surface area contributed by atoms with Gasteiger partial charge in [-0.1, -0.05) is 6.08 Å². The number of hydrogen-bond donors (Lipinski definition) is 0. The van der Waals surface area contributed by atoms with Crippen LogP contribution >= 0.6 is 0 Å². The Morgan fingerprint density at radius 3 is 3.00 bits per heavy atom. The zero-order chi connectivity index (χ0) is 5.82. The van der Waals surface area contributed by atoms with Crippen LogP contribution in [0, 0.1) is 0 Å². The molecular formula is C5H7N3. The Morgan fingerprint density at radius 2 is 2.50 bits per heavy atom. The van der Waals surface area contributed by atoms with Crippen molar-refractivity contribution in [2.24, 2.45) is 0 Å². The zero-order valence-electron chi connectivity index (χ0n) is 4.65. The van der Waals surface area contributed by atoms with Crippen LogP contribution in [-0.2, 0) is 0 Å². The van der Waals surface area contributed by atoms with Crippen LogP contribution in [0.4, 0.5) is 0 Å². The Morgan fingerprint density at radius 1 is 1.62 bits per heavy atom. The van der Waals surface area contributed by atoms with Crippen molar-refractivity contribution in [3.05, 3.63) is 18.7 Å². The summed E-state index contributed by atoms with van der Waals surface area (Å²) in [6.45, 7) is 1.93. The van der Waals surface area contributed by atoms with Crippen molar-refractivity contribution in [3.8, 4) is 0 Å². The maximum atomic E-state index is 3.82. The molecule has 42 valence electrons. The molecule has 0 amide bonds. The molecule has 1 rings (SSSR count). The molecule has 0 aliphatic rings. The number of allylic oxidation sites excluding steroid dienone is 1. The Labute approximate surface area is 47.7 Å². The molecule has 0 saturated heterocycles. The smallest absolute Gasteiger partial charge is 0.138 e. The number of rotatable bonds is 1. The van der Waals surface area contributed by atoms with Crippen molar-refractivity contribution in [1.29, 1.82) is 0 Å². The molecule has 0 aromatic carbocycles. The third kappa shape index (κ3) is 0.932. The van der Waals surface area contributed by atoms with E-state index in [9.17, 15) is 0 Å². The van der Waals surface area contributed by atoms with Crippen LogP contribution in [0.25, 0.3) is 6.20 Å². The standard InChI is InChI=1S/C5H7N3/c1-2-3-8-5-6-4-7-8/h2-5H,1H3/b3-2+. The number of nitrogens with zero attached hydrogens (tertiary/aromatic N) is 3. The van der Waals surface area contributed by atoms with Crippen molar-refractivity contribution in [2.75, 3.05) is 0 Å². The van der Waals surface area contributed by atoms with Gasteiger partial charge in [0.1, 0.15) is 12.7 Å². The van der Waals surface area contributed by atoms with Gasteiger partial charge in [0.15, 0.2) is 0 Å². The summed E-state index contributed by atoms with van der Waals surface area (Å²) in [5.74, 6) is 0. The summed E-state index contributed by atoms with van der Waals surface area (Å²) >= 11 is 0. The van der Waals surface area contributed by atoms with E-state index in [4.69, 9.17) is 0 Å². The molecule has 0 aliphatic heterocycles. The molecule has 0 bridgehead atoms. The second-order valence-corrected chi connectivity index (χ2v) is 1.36. The van der Waals surface area contributed by atoms with Crippen LogP contribution in [0.2, 0.25) is 0 Å². The van der Waals surface area contributed by atoms with Gasteiger partial charge in [-0.2, -0.15) is 5.10 Å². The summed E-state index contributed by atoms with van der Waals surface area (Å²) < 4.78 is 1.64. The van der Waals surface area contributed by atoms with Crippen LogP contribution < -0.4 is 0 Å². The predicted molar refractivity (Wildman–Crippen MR) is 31.0 cm³/mol. The lowest BCUT2D eigenvalue weighted by Gasteiger charge is -1.81. The normalized spacial score (nSPS) is 10.6. The fourth-order valence-corrected chi connectivity index (χ4v) is 0.447. The lowest BCUT2D eigenvalue weighted by atomic mass is 10.7. The van der Waals surface area contributed by atoms with E-state index < -0.39 is 0 Å². The molecule has 1 aromatic heterocycles. The molecule has 3 nitrogen and oxygen atoms in total. The molecule has 0 radical (unpaired) electrons. The van der Waals surface area contributed by atoms with Gasteiger partial charge in [-0.3, -0.25) is 0 Å². The third-order valence-corrected chi connectivity index (χ3v) is 0.738. The number of hydrogen-bond acceptors (Lipinski definition) is 2. The SMILES string of the molecule is C/C=C/n1cncn1. The highest BCUT2D eigenvalue weighted by Crippen LogP contribution is 1.78. The molecule has 0 fully saturated rings. The third-order valence-electron chi connectivity index (χ3n) is 0.738. The first kappa shape index (κ1) is 5.03. The Balaban J connectivity index is 2.77. The van der Waals surface area contributed by atoms with Gasteiger partial charge in [-0.05, 0) is 6.92 Å². The summed E-state index contributed by atoms with van der Waals surface area (Å²) in [5, 5.41) is 3.82. The van der Waals surface area contributed by atoms with Gasteiger partial charge >= 0.3 is 0 Å². The zero-order valence-corrected chi connectivity index (χ0v) is 4.65. The van der Waals surface area contributed by atoms with E-state index in [0.29, 0.717) is 0 Å². The summed E-state index contributed by atoms with van der Waals surface area (Å²) in [5.41, 5.74) is 0. The average Bonchev–Trinajstić information content (AvgIpc) is 2.19. The molecule has 0 spiro atoms. The van der Waals surface area contributed by atoms with Crippen LogP contribution in [0.15, 0.2) is 18.7 Å². The van der Waals surface area contributed by atoms with E-state index in [1.54, 1.807) is 11.0 Å². The van der Waals surface area contributed by atoms with Gasteiger partial charge in [0.25, 0.3) is 0 Å². The van der Waals surface area contributed by atoms with Crippen molar-refractivity contribution in [1.82, 2.24) is 14.8 Å². The van der Waals surface area contributed by atoms with E-state index in [2.05, 4.69) is 10.1 Å². The van der Waals surface area contributed by atoms with E-state index in [1.807, 2.05) is 19.2 Å². The Kier molecular flexibility index (Phi) is 1.42. The molecule has 0 unspecified atom stereocenters. The molecule has 8 heavy (non-hydrogen) atoms. The topological polar surface area (TPSA) is 30.7 Å². The summed E-state index contributed by atoms with van der Waals surface area (Å²) in [7, 11) is 0. The highest BCUT2D eigenvalue weighted by molar-refractivity contribution is 5.16. The van der Waals surface area contributed by atoms with Gasteiger partial charge in [-0.15, -0.1) is 0 Å². The van der Waals surface area contributed by atoms with Crippen LogP contribution in [0.3, 0.4) is 0 Å². The van der Waals surface area contributed by atoms with Gasteiger partial charge in [0.05, 0.1) is 0 Å². The van der Waals surface area contributed by atoms with Gasteiger partial charge < -0.3 is 0 Å². The van der Waals surface area contributed by atoms with Gasteiger partial charge in [0.2, 0.25) is 0 Å². The van der Waals surface area contributed by atoms with Crippen LogP contribution in [0.5, 0.6) is 0 Å². The highest BCUT2D eigenvalue weighted by atomic mass is 15.3. The average molecular weight is 109 g/mol. The number of aromatic nitrogens is 3. The fraction of sp³-hybridized carbons (Fsp3) is 0.200. The monoisotopic (exact) mass is 109 g/mol. The van der Waals surface area contributed by atoms with E-state index >= 15 is 0 Å². The lowest BCUT2D eigenvalue weighted by molar-refractivity contribution is 0.932. The molecule has 1 heterocycles. The molecule has 0 saturated carbocycles. The van der Waals surface area contributed by atoms with Crippen molar-refractivity contribution in [3.63, 3.8) is 0 Å². The Hall–Kier alpha value is -1.12. The molecular weight excluding hydrogens is 102 g/mol. The van der Waals surface area contributed by atoms with Crippen molar-refractivity contribution < 1.29 is 0 Å².